The third-order valence-electron chi connectivity index (χ3n) is 4.25. The summed E-state index contributed by atoms with van der Waals surface area (Å²) in [5.41, 5.74) is 2.75. The second-order valence-corrected chi connectivity index (χ2v) is 6.66. The number of aryl methyl sites for hydroxylation is 1. The molecule has 0 fully saturated rings. The number of aromatic nitrogens is 2. The molecule has 0 aliphatic heterocycles. The van der Waals surface area contributed by atoms with Crippen LogP contribution in [-0.2, 0) is 11.3 Å². The van der Waals surface area contributed by atoms with E-state index in [4.69, 9.17) is 16.3 Å². The molecule has 6 heteroatoms. The number of carbonyl (C=O) groups is 2. The Balaban J connectivity index is 1.80. The molecule has 3 rings (SSSR count). The van der Waals surface area contributed by atoms with E-state index in [0.29, 0.717) is 34.1 Å². The Bertz CT molecular complexity index is 1040. The van der Waals surface area contributed by atoms with E-state index in [-0.39, 0.29) is 5.78 Å². The first-order chi connectivity index (χ1) is 13.5. The molecule has 0 unspecified atom stereocenters. The number of imidazole rings is 1. The number of hydrogen-bond donors (Lipinski definition) is 0. The van der Waals surface area contributed by atoms with Crippen molar-refractivity contribution in [3.63, 3.8) is 0 Å². The van der Waals surface area contributed by atoms with E-state index in [1.54, 1.807) is 53.4 Å². The van der Waals surface area contributed by atoms with Gasteiger partial charge in [-0.15, -0.1) is 0 Å². The maximum absolute atomic E-state index is 12.7. The quantitative estimate of drug-likeness (QED) is 0.453. The molecule has 0 N–H and O–H groups in total. The minimum atomic E-state index is -0.458. The minimum Gasteiger partial charge on any atom is -0.465 e. The summed E-state index contributed by atoms with van der Waals surface area (Å²) in [5, 5.41) is 0.457. The van der Waals surface area contributed by atoms with Gasteiger partial charge in [0.1, 0.15) is 0 Å². The van der Waals surface area contributed by atoms with Crippen LogP contribution in [0.1, 0.15) is 37.7 Å². The molecule has 0 amide bonds. The lowest BCUT2D eigenvalue weighted by molar-refractivity contribution is 0.0600. The summed E-state index contributed by atoms with van der Waals surface area (Å²) >= 11 is 5.97. The molecule has 0 atom stereocenters. The Hall–Kier alpha value is -3.18. The molecular weight excluding hydrogens is 376 g/mol. The zero-order valence-electron chi connectivity index (χ0n) is 15.6. The third-order valence-corrected chi connectivity index (χ3v) is 4.49. The molecule has 28 heavy (non-hydrogen) atoms. The molecule has 0 spiro atoms. The molecule has 0 bridgehead atoms. The number of carbonyl (C=O) groups excluding carboxylic acids is 2. The molecule has 0 radical (unpaired) electrons. The smallest absolute Gasteiger partial charge is 0.338 e. The average Bonchev–Trinajstić information content (AvgIpc) is 3.17. The highest BCUT2D eigenvalue weighted by molar-refractivity contribution is 6.31. The minimum absolute atomic E-state index is 0.139. The van der Waals surface area contributed by atoms with Gasteiger partial charge in [0.25, 0.3) is 0 Å². The number of benzene rings is 2. The highest BCUT2D eigenvalue weighted by Crippen LogP contribution is 2.19. The second-order valence-electron chi connectivity index (χ2n) is 6.22. The highest BCUT2D eigenvalue weighted by Gasteiger charge is 2.15. The summed E-state index contributed by atoms with van der Waals surface area (Å²) in [4.78, 5) is 28.8. The van der Waals surface area contributed by atoms with Gasteiger partial charge in [0, 0.05) is 29.5 Å². The summed E-state index contributed by atoms with van der Waals surface area (Å²) in [6, 6.07) is 12.4. The molecule has 0 aliphatic rings. The van der Waals surface area contributed by atoms with Crippen LogP contribution in [0.15, 0.2) is 60.9 Å². The van der Waals surface area contributed by atoms with Crippen molar-refractivity contribution in [2.75, 3.05) is 7.11 Å². The monoisotopic (exact) mass is 394 g/mol. The van der Waals surface area contributed by atoms with Crippen molar-refractivity contribution in [2.45, 2.75) is 13.5 Å². The molecule has 5 nitrogen and oxygen atoms in total. The van der Waals surface area contributed by atoms with Crippen molar-refractivity contribution in [2.24, 2.45) is 0 Å². The summed E-state index contributed by atoms with van der Waals surface area (Å²) in [7, 11) is 1.32. The van der Waals surface area contributed by atoms with E-state index < -0.39 is 5.97 Å². The van der Waals surface area contributed by atoms with Gasteiger partial charge in [-0.3, -0.25) is 4.79 Å². The van der Waals surface area contributed by atoms with Gasteiger partial charge in [-0.2, -0.15) is 0 Å². The molecule has 0 saturated carbocycles. The van der Waals surface area contributed by atoms with Crippen LogP contribution in [0.3, 0.4) is 0 Å². The molecular formula is C22H19ClN2O3. The molecule has 0 saturated heterocycles. The number of ether oxygens (including phenoxy) is 1. The van der Waals surface area contributed by atoms with Crippen molar-refractivity contribution in [1.29, 1.82) is 0 Å². The van der Waals surface area contributed by atoms with Crippen LogP contribution in [0, 0.1) is 6.92 Å². The zero-order chi connectivity index (χ0) is 20.1. The molecule has 2 aromatic carbocycles. The van der Waals surface area contributed by atoms with Crippen molar-refractivity contribution in [3.8, 4) is 0 Å². The predicted octanol–water partition coefficient (Wildman–Crippen LogP) is 4.58. The van der Waals surface area contributed by atoms with Crippen LogP contribution in [0.25, 0.3) is 6.08 Å². The number of allylic oxidation sites excluding steroid dienone is 1. The van der Waals surface area contributed by atoms with Gasteiger partial charge in [-0.1, -0.05) is 59.6 Å². The lowest BCUT2D eigenvalue weighted by Crippen LogP contribution is -2.10. The van der Waals surface area contributed by atoms with E-state index >= 15 is 0 Å². The number of esters is 1. The summed E-state index contributed by atoms with van der Waals surface area (Å²) in [6.07, 6.45) is 6.98. The lowest BCUT2D eigenvalue weighted by atomic mass is 10.1. The second kappa shape index (κ2) is 8.67. The van der Waals surface area contributed by atoms with Gasteiger partial charge in [0.05, 0.1) is 12.7 Å². The van der Waals surface area contributed by atoms with Gasteiger partial charge in [0.15, 0.2) is 5.82 Å². The first kappa shape index (κ1) is 19.6. The topological polar surface area (TPSA) is 61.2 Å². The molecule has 3 aromatic rings. The Morgan fingerprint density at radius 3 is 2.64 bits per heavy atom. The Labute approximate surface area is 168 Å². The van der Waals surface area contributed by atoms with Gasteiger partial charge in [-0.05, 0) is 24.6 Å². The standard InChI is InChI=1S/C22H19ClN2O3/c1-15-5-7-17(8-6-15)20(26)21-24-11-13-25(21)12-3-4-16-9-10-18(23)14-19(16)22(27)28-2/h3-11,13-14H,12H2,1-2H3. The van der Waals surface area contributed by atoms with Crippen LogP contribution in [0.4, 0.5) is 0 Å². The first-order valence-corrected chi connectivity index (χ1v) is 9.04. The van der Waals surface area contributed by atoms with Crippen molar-refractivity contribution in [1.82, 2.24) is 9.55 Å². The molecule has 1 heterocycles. The maximum atomic E-state index is 12.7. The zero-order valence-corrected chi connectivity index (χ0v) is 16.3. The largest absolute Gasteiger partial charge is 0.465 e. The number of methoxy groups -OCH3 is 1. The summed E-state index contributed by atoms with van der Waals surface area (Å²) < 4.78 is 6.56. The van der Waals surface area contributed by atoms with Crippen LogP contribution in [0.2, 0.25) is 5.02 Å². The fraction of sp³-hybridized carbons (Fsp3) is 0.136. The fourth-order valence-electron chi connectivity index (χ4n) is 2.75. The van der Waals surface area contributed by atoms with E-state index in [2.05, 4.69) is 4.98 Å². The van der Waals surface area contributed by atoms with Crippen molar-refractivity contribution >= 4 is 29.4 Å². The number of rotatable bonds is 6. The predicted molar refractivity (Wildman–Crippen MR) is 109 cm³/mol. The SMILES string of the molecule is COC(=O)c1cc(Cl)ccc1C=CCn1ccnc1C(=O)c1ccc(C)cc1. The number of nitrogens with zero attached hydrogens (tertiary/aromatic N) is 2. The molecule has 0 aliphatic carbocycles. The normalized spacial score (nSPS) is 11.0. The lowest BCUT2D eigenvalue weighted by Gasteiger charge is -2.06. The van der Waals surface area contributed by atoms with E-state index in [0.717, 1.165) is 5.56 Å². The maximum Gasteiger partial charge on any atom is 0.338 e. The van der Waals surface area contributed by atoms with Gasteiger partial charge < -0.3 is 9.30 Å². The van der Waals surface area contributed by atoms with Gasteiger partial charge in [0.2, 0.25) is 5.78 Å². The van der Waals surface area contributed by atoms with E-state index in [9.17, 15) is 9.59 Å². The fourth-order valence-corrected chi connectivity index (χ4v) is 2.93. The number of hydrogen-bond acceptors (Lipinski definition) is 4. The number of ketones is 1. The van der Waals surface area contributed by atoms with Gasteiger partial charge in [-0.25, -0.2) is 9.78 Å². The van der Waals surface area contributed by atoms with Crippen LogP contribution < -0.4 is 0 Å². The average molecular weight is 395 g/mol. The van der Waals surface area contributed by atoms with E-state index in [1.165, 1.54) is 7.11 Å². The Kier molecular flexibility index (Phi) is 6.06. The van der Waals surface area contributed by atoms with Gasteiger partial charge >= 0.3 is 5.97 Å². The van der Waals surface area contributed by atoms with Crippen molar-refractivity contribution < 1.29 is 14.3 Å². The number of halogens is 1. The van der Waals surface area contributed by atoms with Crippen LogP contribution in [-0.4, -0.2) is 28.4 Å². The summed E-state index contributed by atoms with van der Waals surface area (Å²) in [5.74, 6) is -0.238. The third kappa shape index (κ3) is 4.38. The Morgan fingerprint density at radius 2 is 1.93 bits per heavy atom. The van der Waals surface area contributed by atoms with Crippen LogP contribution in [0.5, 0.6) is 0 Å². The van der Waals surface area contributed by atoms with Crippen molar-refractivity contribution in [3.05, 3.63) is 94.0 Å². The Morgan fingerprint density at radius 1 is 1.18 bits per heavy atom. The molecule has 142 valence electrons. The summed E-state index contributed by atoms with van der Waals surface area (Å²) in [6.45, 7) is 2.40. The first-order valence-electron chi connectivity index (χ1n) is 8.66. The van der Waals surface area contributed by atoms with Crippen LogP contribution >= 0.6 is 11.6 Å². The highest BCUT2D eigenvalue weighted by atomic mass is 35.5. The molecule has 1 aromatic heterocycles. The van der Waals surface area contributed by atoms with E-state index in [1.807, 2.05) is 25.1 Å².